The summed E-state index contributed by atoms with van der Waals surface area (Å²) in [7, 11) is 0. The van der Waals surface area contributed by atoms with Crippen molar-refractivity contribution >= 4 is 23.2 Å². The summed E-state index contributed by atoms with van der Waals surface area (Å²) < 4.78 is 0. The van der Waals surface area contributed by atoms with Crippen LogP contribution in [0.25, 0.3) is 0 Å². The third-order valence-electron chi connectivity index (χ3n) is 5.61. The number of rotatable bonds is 5. The van der Waals surface area contributed by atoms with E-state index in [0.717, 1.165) is 55.4 Å². The van der Waals surface area contributed by atoms with Crippen LogP contribution in [0.4, 0.5) is 0 Å². The van der Waals surface area contributed by atoms with E-state index in [1.165, 1.54) is 10.5 Å². The molecule has 0 saturated carbocycles. The molecular formula is C22H27ClN4O+2. The SMILES string of the molecule is O=C(C[NH+]1CC[NH+](Cc2cccc(Cl)c2)CC1)N1CCC(c2ccccc2)=N1. The van der Waals surface area contributed by atoms with E-state index in [1.807, 2.05) is 36.4 Å². The zero-order valence-corrected chi connectivity index (χ0v) is 16.8. The van der Waals surface area contributed by atoms with Crippen LogP contribution in [0.15, 0.2) is 59.7 Å². The predicted octanol–water partition coefficient (Wildman–Crippen LogP) is 0.260. The van der Waals surface area contributed by atoms with E-state index in [0.29, 0.717) is 13.1 Å². The van der Waals surface area contributed by atoms with Crippen LogP contribution in [-0.4, -0.2) is 55.9 Å². The highest BCUT2D eigenvalue weighted by Gasteiger charge is 2.29. The molecule has 2 aromatic rings. The molecule has 2 aliphatic heterocycles. The molecule has 2 aromatic carbocycles. The van der Waals surface area contributed by atoms with Crippen molar-refractivity contribution in [2.45, 2.75) is 13.0 Å². The third-order valence-corrected chi connectivity index (χ3v) is 5.84. The highest BCUT2D eigenvalue weighted by molar-refractivity contribution is 6.30. The Kier molecular flexibility index (Phi) is 6.05. The average Bonchev–Trinajstić information content (AvgIpc) is 3.21. The van der Waals surface area contributed by atoms with E-state index in [1.54, 1.807) is 9.91 Å². The van der Waals surface area contributed by atoms with Crippen molar-refractivity contribution in [3.8, 4) is 0 Å². The number of nitrogens with one attached hydrogen (secondary N) is 2. The van der Waals surface area contributed by atoms with Crippen LogP contribution in [0.1, 0.15) is 17.5 Å². The maximum Gasteiger partial charge on any atom is 0.297 e. The lowest BCUT2D eigenvalue weighted by Crippen LogP contribution is -3.28. The molecule has 1 saturated heterocycles. The van der Waals surface area contributed by atoms with Gasteiger partial charge < -0.3 is 9.80 Å². The number of quaternary nitrogens is 2. The molecule has 2 N–H and O–H groups in total. The molecule has 0 aliphatic carbocycles. The summed E-state index contributed by atoms with van der Waals surface area (Å²) in [5, 5.41) is 7.04. The quantitative estimate of drug-likeness (QED) is 0.745. The maximum absolute atomic E-state index is 12.7. The number of hydrogen-bond acceptors (Lipinski definition) is 2. The van der Waals surface area contributed by atoms with E-state index in [9.17, 15) is 4.79 Å². The Morgan fingerprint density at radius 2 is 1.75 bits per heavy atom. The number of halogens is 1. The monoisotopic (exact) mass is 398 g/mol. The fourth-order valence-electron chi connectivity index (χ4n) is 4.02. The van der Waals surface area contributed by atoms with Crippen molar-refractivity contribution in [2.24, 2.45) is 5.10 Å². The van der Waals surface area contributed by atoms with Gasteiger partial charge in [-0.05, 0) is 17.7 Å². The van der Waals surface area contributed by atoms with Gasteiger partial charge in [0, 0.05) is 17.0 Å². The largest absolute Gasteiger partial charge is 0.322 e. The van der Waals surface area contributed by atoms with Crippen LogP contribution in [0.5, 0.6) is 0 Å². The summed E-state index contributed by atoms with van der Waals surface area (Å²) >= 11 is 6.09. The number of benzene rings is 2. The minimum Gasteiger partial charge on any atom is -0.322 e. The Balaban J connectivity index is 1.26. The lowest BCUT2D eigenvalue weighted by atomic mass is 10.1. The second-order valence-electron chi connectivity index (χ2n) is 7.66. The summed E-state index contributed by atoms with van der Waals surface area (Å²) in [6.45, 7) is 6.42. The van der Waals surface area contributed by atoms with Crippen LogP contribution < -0.4 is 9.80 Å². The molecule has 0 bridgehead atoms. The third kappa shape index (κ3) is 4.79. The number of nitrogens with zero attached hydrogens (tertiary/aromatic N) is 2. The molecular weight excluding hydrogens is 372 g/mol. The van der Waals surface area contributed by atoms with Gasteiger partial charge >= 0.3 is 0 Å². The van der Waals surface area contributed by atoms with E-state index in [4.69, 9.17) is 11.6 Å². The van der Waals surface area contributed by atoms with Gasteiger partial charge in [-0.25, -0.2) is 5.01 Å². The number of amides is 1. The van der Waals surface area contributed by atoms with Crippen molar-refractivity contribution in [3.63, 3.8) is 0 Å². The molecule has 6 heteroatoms. The van der Waals surface area contributed by atoms with Crippen molar-refractivity contribution in [3.05, 3.63) is 70.7 Å². The van der Waals surface area contributed by atoms with Gasteiger partial charge in [-0.3, -0.25) is 4.79 Å². The van der Waals surface area contributed by atoms with Gasteiger partial charge in [0.1, 0.15) is 32.7 Å². The number of piperazine rings is 1. The fourth-order valence-corrected chi connectivity index (χ4v) is 4.23. The van der Waals surface area contributed by atoms with E-state index in [-0.39, 0.29) is 5.91 Å². The van der Waals surface area contributed by atoms with Crippen LogP contribution >= 0.6 is 11.6 Å². The van der Waals surface area contributed by atoms with Gasteiger partial charge in [0.15, 0.2) is 6.54 Å². The standard InChI is InChI=1S/C22H25ClN4O/c23-20-8-4-5-18(15-20)16-25-11-13-26(14-12-25)17-22(28)27-10-9-21(24-27)19-6-2-1-3-7-19/h1-8,15H,9-14,16-17H2/p+2. The predicted molar refractivity (Wildman–Crippen MR) is 111 cm³/mol. The van der Waals surface area contributed by atoms with Gasteiger partial charge in [0.25, 0.3) is 5.91 Å². The van der Waals surface area contributed by atoms with Crippen LogP contribution in [-0.2, 0) is 11.3 Å². The molecule has 2 heterocycles. The normalized spacial score (nSPS) is 22.2. The van der Waals surface area contributed by atoms with Crippen molar-refractivity contribution in [2.75, 3.05) is 39.3 Å². The number of carbonyl (C=O) groups excluding carboxylic acids is 1. The summed E-state index contributed by atoms with van der Waals surface area (Å²) in [5.74, 6) is 0.138. The fraction of sp³-hybridized carbons (Fsp3) is 0.364. The molecule has 28 heavy (non-hydrogen) atoms. The molecule has 1 fully saturated rings. The Bertz CT molecular complexity index is 847. The minimum absolute atomic E-state index is 0.138. The highest BCUT2D eigenvalue weighted by atomic mass is 35.5. The van der Waals surface area contributed by atoms with Gasteiger partial charge in [0.2, 0.25) is 0 Å². The van der Waals surface area contributed by atoms with Crippen molar-refractivity contribution in [1.82, 2.24) is 5.01 Å². The van der Waals surface area contributed by atoms with Gasteiger partial charge in [0.05, 0.1) is 12.3 Å². The first kappa shape index (κ1) is 19.1. The second-order valence-corrected chi connectivity index (χ2v) is 8.10. The topological polar surface area (TPSA) is 41.6 Å². The highest BCUT2D eigenvalue weighted by Crippen LogP contribution is 2.13. The molecule has 146 valence electrons. The van der Waals surface area contributed by atoms with E-state index in [2.05, 4.69) is 23.3 Å². The van der Waals surface area contributed by atoms with Gasteiger partial charge in [-0.15, -0.1) is 0 Å². The first-order valence-corrected chi connectivity index (χ1v) is 10.4. The molecule has 0 spiro atoms. The molecule has 5 nitrogen and oxygen atoms in total. The number of carbonyl (C=O) groups is 1. The Morgan fingerprint density at radius 3 is 2.50 bits per heavy atom. The van der Waals surface area contributed by atoms with Gasteiger partial charge in [-0.2, -0.15) is 5.10 Å². The van der Waals surface area contributed by atoms with E-state index >= 15 is 0 Å². The van der Waals surface area contributed by atoms with Crippen LogP contribution in [0.2, 0.25) is 5.02 Å². The average molecular weight is 399 g/mol. The van der Waals surface area contributed by atoms with Gasteiger partial charge in [-0.1, -0.05) is 54.1 Å². The van der Waals surface area contributed by atoms with E-state index < -0.39 is 0 Å². The molecule has 0 atom stereocenters. The van der Waals surface area contributed by atoms with Crippen molar-refractivity contribution < 1.29 is 14.6 Å². The molecule has 0 unspecified atom stereocenters. The zero-order chi connectivity index (χ0) is 19.3. The molecule has 0 radical (unpaired) electrons. The molecule has 0 aromatic heterocycles. The lowest BCUT2D eigenvalue weighted by Gasteiger charge is -2.29. The Morgan fingerprint density at radius 1 is 1.00 bits per heavy atom. The van der Waals surface area contributed by atoms with Crippen LogP contribution in [0, 0.1) is 0 Å². The van der Waals surface area contributed by atoms with Crippen LogP contribution in [0.3, 0.4) is 0 Å². The molecule has 2 aliphatic rings. The van der Waals surface area contributed by atoms with Crippen molar-refractivity contribution in [1.29, 1.82) is 0 Å². The minimum atomic E-state index is 0.138. The Hall–Kier alpha value is -2.21. The maximum atomic E-state index is 12.7. The smallest absolute Gasteiger partial charge is 0.297 e. The molecule has 4 rings (SSSR count). The molecule has 1 amide bonds. The first-order chi connectivity index (χ1) is 13.7. The number of hydrazone groups is 1. The summed E-state index contributed by atoms with van der Waals surface area (Å²) in [6.07, 6.45) is 0.836. The summed E-state index contributed by atoms with van der Waals surface area (Å²) in [4.78, 5) is 15.6. The Labute approximate surface area is 171 Å². The second kappa shape index (κ2) is 8.86. The lowest BCUT2D eigenvalue weighted by molar-refractivity contribution is -1.02. The summed E-state index contributed by atoms with van der Waals surface area (Å²) in [6, 6.07) is 18.2. The summed E-state index contributed by atoms with van der Waals surface area (Å²) in [5.41, 5.74) is 3.41. The number of hydrogen-bond donors (Lipinski definition) is 2. The zero-order valence-electron chi connectivity index (χ0n) is 16.0. The first-order valence-electron chi connectivity index (χ1n) is 10.0.